The van der Waals surface area contributed by atoms with E-state index in [1.165, 1.54) is 11.3 Å². The summed E-state index contributed by atoms with van der Waals surface area (Å²) in [7, 11) is 0. The number of aryl methyl sites for hydroxylation is 1. The monoisotopic (exact) mass is 412 g/mol. The Balaban J connectivity index is 1.60. The number of carbonyl (C=O) groups is 1. The first-order valence-corrected chi connectivity index (χ1v) is 10.8. The second kappa shape index (κ2) is 9.31. The molecule has 0 aliphatic heterocycles. The van der Waals surface area contributed by atoms with E-state index < -0.39 is 0 Å². The molecule has 1 N–H and O–H groups in total. The molecule has 1 amide bonds. The smallest absolute Gasteiger partial charge is 0.225 e. The number of nitrogens with zero attached hydrogens (tertiary/aromatic N) is 1. The molecule has 1 unspecified atom stereocenters. The zero-order valence-corrected chi connectivity index (χ0v) is 17.8. The first-order valence-electron chi connectivity index (χ1n) is 9.56. The van der Waals surface area contributed by atoms with Crippen molar-refractivity contribution in [2.45, 2.75) is 46.0 Å². The number of ether oxygens (including phenoxy) is 1. The van der Waals surface area contributed by atoms with E-state index in [0.717, 1.165) is 45.5 Å². The average Bonchev–Trinajstić information content (AvgIpc) is 2.66. The number of carbonyl (C=O) groups excluding carboxylic acids is 1. The van der Waals surface area contributed by atoms with Crippen molar-refractivity contribution < 1.29 is 9.53 Å². The fraction of sp³-hybridized carbons (Fsp3) is 0.409. The maximum absolute atomic E-state index is 12.4. The summed E-state index contributed by atoms with van der Waals surface area (Å²) in [6.07, 6.45) is 3.77. The van der Waals surface area contributed by atoms with Crippen LogP contribution < -0.4 is 10.1 Å². The van der Waals surface area contributed by atoms with Crippen LogP contribution in [0.2, 0.25) is 0 Å². The summed E-state index contributed by atoms with van der Waals surface area (Å²) in [4.78, 5) is 12.4. The maximum atomic E-state index is 12.4. The Labute approximate surface area is 175 Å². The van der Waals surface area contributed by atoms with Crippen molar-refractivity contribution in [2.75, 3.05) is 11.9 Å². The quantitative estimate of drug-likeness (QED) is 0.497. The lowest BCUT2D eigenvalue weighted by atomic mass is 9.85. The third-order valence-corrected chi connectivity index (χ3v) is 6.38. The average molecular weight is 413 g/mol. The van der Waals surface area contributed by atoms with E-state index in [-0.39, 0.29) is 5.91 Å². The molecule has 1 heterocycles. The van der Waals surface area contributed by atoms with Gasteiger partial charge < -0.3 is 10.1 Å². The highest BCUT2D eigenvalue weighted by atomic mass is 32.1. The Kier molecular flexibility index (Phi) is 6.82. The lowest BCUT2D eigenvalue weighted by Gasteiger charge is -2.23. The van der Waals surface area contributed by atoms with Crippen LogP contribution in [0.4, 0.5) is 5.00 Å². The minimum absolute atomic E-state index is 0.112. The fourth-order valence-electron chi connectivity index (χ4n) is 3.46. The minimum Gasteiger partial charge on any atom is -0.494 e. The van der Waals surface area contributed by atoms with Crippen LogP contribution in [0.5, 0.6) is 5.75 Å². The van der Waals surface area contributed by atoms with E-state index in [0.29, 0.717) is 35.9 Å². The van der Waals surface area contributed by atoms with E-state index in [1.54, 1.807) is 0 Å². The number of hydrogen-bond acceptors (Lipinski definition) is 5. The van der Waals surface area contributed by atoms with Gasteiger partial charge in [0.25, 0.3) is 0 Å². The number of anilines is 1. The standard InChI is InChI=1S/C22H24N2O2S2/c1-14-5-3-6-16(11-14)26-10-4-7-20(25)24-21-19(13-23)17-9-8-15(2)12-18(17)22(27)28-21/h3,5-6,11,15H,4,7-10,12H2,1-2H3,(H,24,25). The summed E-state index contributed by atoms with van der Waals surface area (Å²) in [6.45, 7) is 4.70. The summed E-state index contributed by atoms with van der Waals surface area (Å²) in [5, 5.41) is 13.2. The largest absolute Gasteiger partial charge is 0.494 e. The van der Waals surface area contributed by atoms with Gasteiger partial charge in [-0.1, -0.05) is 31.3 Å². The van der Waals surface area contributed by atoms with Crippen molar-refractivity contribution in [2.24, 2.45) is 5.92 Å². The van der Waals surface area contributed by atoms with Gasteiger partial charge in [-0.2, -0.15) is 5.26 Å². The second-order valence-electron chi connectivity index (χ2n) is 7.33. The number of rotatable bonds is 6. The van der Waals surface area contributed by atoms with Crippen molar-refractivity contribution in [3.8, 4) is 11.8 Å². The number of hydrogen-bond donors (Lipinski definition) is 1. The summed E-state index contributed by atoms with van der Waals surface area (Å²) in [5.74, 6) is 1.29. The molecule has 0 saturated carbocycles. The van der Waals surface area contributed by atoms with Crippen LogP contribution in [-0.2, 0) is 17.6 Å². The predicted molar refractivity (Wildman–Crippen MR) is 116 cm³/mol. The molecule has 6 heteroatoms. The molecule has 0 fully saturated rings. The Morgan fingerprint density at radius 3 is 3.00 bits per heavy atom. The highest BCUT2D eigenvalue weighted by Crippen LogP contribution is 2.36. The molecule has 1 aliphatic carbocycles. The molecule has 4 nitrogen and oxygen atoms in total. The zero-order chi connectivity index (χ0) is 20.1. The second-order valence-corrected chi connectivity index (χ2v) is 9.01. The van der Waals surface area contributed by atoms with Crippen LogP contribution >= 0.6 is 23.6 Å². The molecule has 146 valence electrons. The fourth-order valence-corrected chi connectivity index (χ4v) is 4.87. The number of nitrogens with one attached hydrogen (secondary N) is 1. The minimum atomic E-state index is -0.112. The summed E-state index contributed by atoms with van der Waals surface area (Å²) < 4.78 is 6.48. The summed E-state index contributed by atoms with van der Waals surface area (Å²) in [5.41, 5.74) is 3.88. The van der Waals surface area contributed by atoms with Gasteiger partial charge in [0.15, 0.2) is 0 Å². The molecule has 0 radical (unpaired) electrons. The van der Waals surface area contributed by atoms with Crippen LogP contribution in [0.1, 0.15) is 48.4 Å². The van der Waals surface area contributed by atoms with Gasteiger partial charge in [0.05, 0.1) is 16.0 Å². The molecule has 0 saturated heterocycles. The van der Waals surface area contributed by atoms with E-state index in [4.69, 9.17) is 17.0 Å². The Morgan fingerprint density at radius 2 is 2.25 bits per heavy atom. The molecule has 3 rings (SSSR count). The van der Waals surface area contributed by atoms with Crippen LogP contribution in [0, 0.1) is 28.0 Å². The highest BCUT2D eigenvalue weighted by Gasteiger charge is 2.23. The molecule has 1 atom stereocenters. The SMILES string of the molecule is Cc1cccc(OCCCC(=O)Nc2sc(=S)c3c(c2C#N)CCC(C)C3)c1. The van der Waals surface area contributed by atoms with E-state index >= 15 is 0 Å². The van der Waals surface area contributed by atoms with Crippen LogP contribution in [-0.4, -0.2) is 12.5 Å². The van der Waals surface area contributed by atoms with E-state index in [9.17, 15) is 10.1 Å². The first kappa shape index (κ1) is 20.5. The Morgan fingerprint density at radius 1 is 1.43 bits per heavy atom. The third kappa shape index (κ3) is 4.98. The molecule has 0 spiro atoms. The molecular formula is C22H24N2O2S2. The highest BCUT2D eigenvalue weighted by molar-refractivity contribution is 7.73. The van der Waals surface area contributed by atoms with Crippen LogP contribution in [0.25, 0.3) is 0 Å². The molecule has 1 aromatic heterocycles. The Hall–Kier alpha value is -2.23. The van der Waals surface area contributed by atoms with Crippen molar-refractivity contribution in [1.82, 2.24) is 0 Å². The third-order valence-electron chi connectivity index (χ3n) is 4.95. The lowest BCUT2D eigenvalue weighted by molar-refractivity contribution is -0.116. The maximum Gasteiger partial charge on any atom is 0.225 e. The van der Waals surface area contributed by atoms with Crippen molar-refractivity contribution in [3.63, 3.8) is 0 Å². The predicted octanol–water partition coefficient (Wildman–Crippen LogP) is 5.58. The van der Waals surface area contributed by atoms with Gasteiger partial charge in [0.1, 0.15) is 16.8 Å². The molecule has 2 aromatic rings. The van der Waals surface area contributed by atoms with Crippen molar-refractivity contribution in [1.29, 1.82) is 5.26 Å². The molecule has 28 heavy (non-hydrogen) atoms. The number of benzene rings is 1. The van der Waals surface area contributed by atoms with E-state index in [1.807, 2.05) is 31.2 Å². The van der Waals surface area contributed by atoms with Crippen LogP contribution in [0.15, 0.2) is 24.3 Å². The summed E-state index contributed by atoms with van der Waals surface area (Å²) >= 11 is 6.89. The van der Waals surface area contributed by atoms with Crippen molar-refractivity contribution >= 4 is 34.5 Å². The molecule has 1 aromatic carbocycles. The van der Waals surface area contributed by atoms with Gasteiger partial charge in [-0.25, -0.2) is 0 Å². The van der Waals surface area contributed by atoms with Gasteiger partial charge in [0.2, 0.25) is 5.91 Å². The summed E-state index contributed by atoms with van der Waals surface area (Å²) in [6, 6.07) is 10.1. The normalized spacial score (nSPS) is 15.4. The van der Waals surface area contributed by atoms with E-state index in [2.05, 4.69) is 18.3 Å². The molecule has 0 bridgehead atoms. The number of amides is 1. The van der Waals surface area contributed by atoms with Gasteiger partial charge in [0, 0.05) is 6.42 Å². The first-order chi connectivity index (χ1) is 13.5. The van der Waals surface area contributed by atoms with Crippen LogP contribution in [0.3, 0.4) is 0 Å². The zero-order valence-electron chi connectivity index (χ0n) is 16.2. The van der Waals surface area contributed by atoms with Gasteiger partial charge in [-0.15, -0.1) is 11.3 Å². The number of nitriles is 1. The molecule has 1 aliphatic rings. The van der Waals surface area contributed by atoms with Crippen molar-refractivity contribution in [3.05, 3.63) is 50.3 Å². The Bertz CT molecular complexity index is 975. The van der Waals surface area contributed by atoms with Gasteiger partial charge in [-0.3, -0.25) is 4.79 Å². The number of fused-ring (bicyclic) bond motifs is 1. The lowest BCUT2D eigenvalue weighted by Crippen LogP contribution is -2.17. The topological polar surface area (TPSA) is 62.1 Å². The van der Waals surface area contributed by atoms with Gasteiger partial charge >= 0.3 is 0 Å². The molecular weight excluding hydrogens is 388 g/mol. The van der Waals surface area contributed by atoms with Gasteiger partial charge in [-0.05, 0) is 67.3 Å².